The number of aliphatic carboxylic acids is 1. The van der Waals surface area contributed by atoms with E-state index in [2.05, 4.69) is 0 Å². The lowest BCUT2D eigenvalue weighted by molar-refractivity contribution is -0.136. The summed E-state index contributed by atoms with van der Waals surface area (Å²) in [6, 6.07) is 11.5. The minimum atomic E-state index is -0.905. The van der Waals surface area contributed by atoms with Gasteiger partial charge in [0.15, 0.2) is 0 Å². The zero-order chi connectivity index (χ0) is 15.6. The Labute approximate surface area is 129 Å². The molecule has 0 spiro atoms. The molecule has 0 aromatic heterocycles. The third-order valence-electron chi connectivity index (χ3n) is 3.43. The van der Waals surface area contributed by atoms with Gasteiger partial charge in [-0.1, -0.05) is 54.2 Å². The van der Waals surface area contributed by atoms with Crippen molar-refractivity contribution in [2.45, 2.75) is 20.3 Å². The molecule has 0 aliphatic carbocycles. The molecule has 0 radical (unpaired) electrons. The Morgan fingerprint density at radius 2 is 1.76 bits per heavy atom. The molecular weight excluding hydrogens is 282 g/mol. The van der Waals surface area contributed by atoms with Crippen LogP contribution in [0.4, 0.5) is 5.69 Å². The Kier molecular flexibility index (Phi) is 4.38. The van der Waals surface area contributed by atoms with Gasteiger partial charge >= 0.3 is 5.97 Å². The second kappa shape index (κ2) is 6.06. The third-order valence-corrected chi connectivity index (χ3v) is 3.87. The molecule has 0 saturated heterocycles. The van der Waals surface area contributed by atoms with Gasteiger partial charge in [0, 0.05) is 11.3 Å². The number of carboxylic acids is 1. The zero-order valence-electron chi connectivity index (χ0n) is 12.0. The maximum Gasteiger partial charge on any atom is 0.307 e. The van der Waals surface area contributed by atoms with Gasteiger partial charge in [-0.05, 0) is 30.5 Å². The van der Waals surface area contributed by atoms with E-state index in [0.717, 1.165) is 22.3 Å². The summed E-state index contributed by atoms with van der Waals surface area (Å²) in [7, 11) is 0. The van der Waals surface area contributed by atoms with Crippen LogP contribution in [0.15, 0.2) is 36.4 Å². The van der Waals surface area contributed by atoms with Gasteiger partial charge in [0.25, 0.3) is 0 Å². The van der Waals surface area contributed by atoms with Crippen molar-refractivity contribution in [3.63, 3.8) is 0 Å². The molecule has 0 amide bonds. The molecule has 0 bridgehead atoms. The molecule has 3 nitrogen and oxygen atoms in total. The summed E-state index contributed by atoms with van der Waals surface area (Å²) in [6.07, 6.45) is -0.102. The molecule has 3 N–H and O–H groups in total. The van der Waals surface area contributed by atoms with E-state index in [1.54, 1.807) is 6.07 Å². The zero-order valence-corrected chi connectivity index (χ0v) is 12.8. The van der Waals surface area contributed by atoms with Crippen LogP contribution in [0.1, 0.15) is 27.8 Å². The molecule has 0 unspecified atom stereocenters. The van der Waals surface area contributed by atoms with Crippen LogP contribution in [-0.2, 0) is 11.2 Å². The number of hydrogen-bond acceptors (Lipinski definition) is 3. The number of rotatable bonds is 4. The Balaban J connectivity index is 2.49. The average Bonchev–Trinajstić information content (AvgIpc) is 2.42. The Morgan fingerprint density at radius 3 is 2.33 bits per heavy atom. The molecule has 4 heteroatoms. The smallest absolute Gasteiger partial charge is 0.307 e. The van der Waals surface area contributed by atoms with E-state index in [4.69, 9.17) is 23.1 Å². The Hall–Kier alpha value is -2.20. The van der Waals surface area contributed by atoms with Crippen molar-refractivity contribution in [2.24, 2.45) is 0 Å². The minimum Gasteiger partial charge on any atom is -0.481 e. The lowest BCUT2D eigenvalue weighted by atomic mass is 9.94. The molecule has 108 valence electrons. The van der Waals surface area contributed by atoms with Crippen LogP contribution in [-0.4, -0.2) is 15.9 Å². The van der Waals surface area contributed by atoms with Crippen molar-refractivity contribution < 1.29 is 9.90 Å². The summed E-state index contributed by atoms with van der Waals surface area (Å²) in [6.45, 7) is 3.94. The number of thiocarbonyl (C=S) groups is 1. The quantitative estimate of drug-likeness (QED) is 0.516. The second-order valence-electron chi connectivity index (χ2n) is 5.10. The van der Waals surface area contributed by atoms with Crippen molar-refractivity contribution in [1.82, 2.24) is 0 Å². The predicted molar refractivity (Wildman–Crippen MR) is 88.9 cm³/mol. The first-order valence-corrected chi connectivity index (χ1v) is 7.02. The molecule has 2 aromatic carbocycles. The maximum atomic E-state index is 10.9. The summed E-state index contributed by atoms with van der Waals surface area (Å²) < 4.78 is 0. The molecule has 0 aliphatic rings. The standard InChI is InChI=1S/C17H17NO2S/c1-10-3-6-12(7-4-10)17(21)15-11(2)5-8-13(16(15)18)9-14(19)20/h3-8H,9,18H2,1-2H3,(H,19,20). The van der Waals surface area contributed by atoms with Crippen molar-refractivity contribution in [2.75, 3.05) is 5.73 Å². The number of benzene rings is 2. The highest BCUT2D eigenvalue weighted by atomic mass is 32.1. The van der Waals surface area contributed by atoms with E-state index in [0.29, 0.717) is 16.1 Å². The van der Waals surface area contributed by atoms with Gasteiger partial charge in [-0.15, -0.1) is 0 Å². The van der Waals surface area contributed by atoms with Crippen LogP contribution in [0, 0.1) is 13.8 Å². The molecular formula is C17H17NO2S. The van der Waals surface area contributed by atoms with Gasteiger partial charge in [-0.3, -0.25) is 4.79 Å². The Morgan fingerprint density at radius 1 is 1.14 bits per heavy atom. The number of nitrogens with two attached hydrogens (primary N) is 1. The lowest BCUT2D eigenvalue weighted by Gasteiger charge is -2.14. The fourth-order valence-electron chi connectivity index (χ4n) is 2.24. The molecule has 2 aromatic rings. The fourth-order valence-corrected chi connectivity index (χ4v) is 2.65. The number of carboxylic acid groups (broad SMARTS) is 1. The van der Waals surface area contributed by atoms with Crippen LogP contribution in [0.3, 0.4) is 0 Å². The van der Waals surface area contributed by atoms with Crippen molar-refractivity contribution in [1.29, 1.82) is 0 Å². The molecule has 0 heterocycles. The molecule has 0 saturated carbocycles. The number of carbonyl (C=O) groups is 1. The summed E-state index contributed by atoms with van der Waals surface area (Å²) in [4.78, 5) is 11.6. The van der Waals surface area contributed by atoms with E-state index in [-0.39, 0.29) is 6.42 Å². The lowest BCUT2D eigenvalue weighted by Crippen LogP contribution is -2.11. The maximum absolute atomic E-state index is 10.9. The molecule has 0 atom stereocenters. The first kappa shape index (κ1) is 15.2. The van der Waals surface area contributed by atoms with Gasteiger partial charge in [0.2, 0.25) is 0 Å². The Bertz CT molecular complexity index is 705. The fraction of sp³-hybridized carbons (Fsp3) is 0.176. The first-order valence-electron chi connectivity index (χ1n) is 6.61. The van der Waals surface area contributed by atoms with Gasteiger partial charge < -0.3 is 10.8 Å². The summed E-state index contributed by atoms with van der Waals surface area (Å²) in [5.74, 6) is -0.905. The number of anilines is 1. The summed E-state index contributed by atoms with van der Waals surface area (Å²) in [5, 5.41) is 8.95. The van der Waals surface area contributed by atoms with Crippen LogP contribution in [0.5, 0.6) is 0 Å². The summed E-state index contributed by atoms with van der Waals surface area (Å²) >= 11 is 5.55. The highest BCUT2D eigenvalue weighted by molar-refractivity contribution is 7.81. The first-order chi connectivity index (χ1) is 9.90. The highest BCUT2D eigenvalue weighted by Crippen LogP contribution is 2.26. The van der Waals surface area contributed by atoms with Crippen LogP contribution >= 0.6 is 12.2 Å². The minimum absolute atomic E-state index is 0.102. The van der Waals surface area contributed by atoms with E-state index >= 15 is 0 Å². The van der Waals surface area contributed by atoms with Gasteiger partial charge in [-0.25, -0.2) is 0 Å². The van der Waals surface area contributed by atoms with E-state index in [1.165, 1.54) is 0 Å². The number of nitrogen functional groups attached to an aromatic ring is 1. The molecule has 0 fully saturated rings. The van der Waals surface area contributed by atoms with Crippen molar-refractivity contribution in [3.8, 4) is 0 Å². The molecule has 0 aliphatic heterocycles. The van der Waals surface area contributed by atoms with E-state index < -0.39 is 5.97 Å². The molecule has 21 heavy (non-hydrogen) atoms. The van der Waals surface area contributed by atoms with Crippen molar-refractivity contribution in [3.05, 3.63) is 64.2 Å². The molecule has 2 rings (SSSR count). The van der Waals surface area contributed by atoms with Crippen LogP contribution in [0.25, 0.3) is 0 Å². The normalized spacial score (nSPS) is 10.4. The van der Waals surface area contributed by atoms with Crippen LogP contribution < -0.4 is 5.73 Å². The number of aryl methyl sites for hydroxylation is 2. The number of hydrogen-bond donors (Lipinski definition) is 2. The monoisotopic (exact) mass is 299 g/mol. The van der Waals surface area contributed by atoms with Crippen molar-refractivity contribution >= 4 is 28.7 Å². The summed E-state index contributed by atoms with van der Waals surface area (Å²) in [5.41, 5.74) is 11.0. The van der Waals surface area contributed by atoms with Crippen LogP contribution in [0.2, 0.25) is 0 Å². The highest BCUT2D eigenvalue weighted by Gasteiger charge is 2.15. The van der Waals surface area contributed by atoms with Gasteiger partial charge in [0.05, 0.1) is 11.3 Å². The van der Waals surface area contributed by atoms with Gasteiger partial charge in [-0.2, -0.15) is 0 Å². The second-order valence-corrected chi connectivity index (χ2v) is 5.50. The predicted octanol–water partition coefficient (Wildman–Crippen LogP) is 3.28. The SMILES string of the molecule is Cc1ccc(C(=S)c2c(C)ccc(CC(=O)O)c2N)cc1. The topological polar surface area (TPSA) is 63.3 Å². The average molecular weight is 299 g/mol. The largest absolute Gasteiger partial charge is 0.481 e. The van der Waals surface area contributed by atoms with E-state index in [9.17, 15) is 4.79 Å². The third kappa shape index (κ3) is 3.28. The van der Waals surface area contributed by atoms with E-state index in [1.807, 2.05) is 44.2 Å². The van der Waals surface area contributed by atoms with Gasteiger partial charge in [0.1, 0.15) is 0 Å².